The van der Waals surface area contributed by atoms with E-state index in [1.807, 2.05) is 0 Å². The van der Waals surface area contributed by atoms with Crippen molar-refractivity contribution < 1.29 is 4.74 Å². The first kappa shape index (κ1) is 14.7. The first-order valence-electron chi connectivity index (χ1n) is 8.44. The van der Waals surface area contributed by atoms with Crippen molar-refractivity contribution in [2.24, 2.45) is 11.8 Å². The van der Waals surface area contributed by atoms with E-state index in [0.29, 0.717) is 5.92 Å². The molecule has 0 aliphatic carbocycles. The van der Waals surface area contributed by atoms with Crippen molar-refractivity contribution in [3.63, 3.8) is 0 Å². The van der Waals surface area contributed by atoms with E-state index in [-0.39, 0.29) is 0 Å². The second kappa shape index (κ2) is 6.69. The molecule has 2 aliphatic rings. The molecule has 1 aromatic carbocycles. The minimum atomic E-state index is 0.683. The standard InChI is InChI=1S/C18H28N2O/c1-14(2)13-20-8-9-21-18-6-5-15(11-17(18)20)10-16-4-3-7-19-12-16/h5-6,11,14,16,19H,3-4,7-10,12-13H2,1-2H3. The van der Waals surface area contributed by atoms with Crippen LogP contribution in [0.2, 0.25) is 0 Å². The van der Waals surface area contributed by atoms with Crippen LogP contribution in [0.15, 0.2) is 18.2 Å². The van der Waals surface area contributed by atoms with Gasteiger partial charge in [-0.2, -0.15) is 0 Å². The molecule has 1 atom stereocenters. The number of nitrogens with zero attached hydrogens (tertiary/aromatic N) is 1. The monoisotopic (exact) mass is 288 g/mol. The zero-order valence-electron chi connectivity index (χ0n) is 13.4. The molecule has 3 nitrogen and oxygen atoms in total. The average molecular weight is 288 g/mol. The molecule has 0 saturated carbocycles. The Labute approximate surface area is 128 Å². The third-order valence-corrected chi connectivity index (χ3v) is 4.49. The third-order valence-electron chi connectivity index (χ3n) is 4.49. The highest BCUT2D eigenvalue weighted by Gasteiger charge is 2.20. The summed E-state index contributed by atoms with van der Waals surface area (Å²) in [5.41, 5.74) is 2.76. The summed E-state index contributed by atoms with van der Waals surface area (Å²) >= 11 is 0. The molecule has 116 valence electrons. The maximum Gasteiger partial charge on any atom is 0.142 e. The summed E-state index contributed by atoms with van der Waals surface area (Å²) in [5.74, 6) is 2.54. The van der Waals surface area contributed by atoms with E-state index in [4.69, 9.17) is 4.74 Å². The van der Waals surface area contributed by atoms with E-state index in [9.17, 15) is 0 Å². The summed E-state index contributed by atoms with van der Waals surface area (Å²) < 4.78 is 5.83. The SMILES string of the molecule is CC(C)CN1CCOc2ccc(CC3CCCNC3)cc21. The smallest absolute Gasteiger partial charge is 0.142 e. The average Bonchev–Trinajstić information content (AvgIpc) is 2.48. The summed E-state index contributed by atoms with van der Waals surface area (Å²) in [6.07, 6.45) is 3.87. The summed E-state index contributed by atoms with van der Waals surface area (Å²) in [4.78, 5) is 2.49. The van der Waals surface area contributed by atoms with Crippen molar-refractivity contribution in [1.29, 1.82) is 0 Å². The van der Waals surface area contributed by atoms with Crippen molar-refractivity contribution in [3.05, 3.63) is 23.8 Å². The molecule has 0 spiro atoms. The Kier molecular flexibility index (Phi) is 4.69. The van der Waals surface area contributed by atoms with E-state index in [0.717, 1.165) is 31.4 Å². The molecule has 0 bridgehead atoms. The Hall–Kier alpha value is -1.22. The molecule has 1 N–H and O–H groups in total. The lowest BCUT2D eigenvalue weighted by Crippen LogP contribution is -2.35. The number of anilines is 1. The number of rotatable bonds is 4. The van der Waals surface area contributed by atoms with E-state index >= 15 is 0 Å². The number of hydrogen-bond acceptors (Lipinski definition) is 3. The van der Waals surface area contributed by atoms with Gasteiger partial charge in [-0.05, 0) is 61.9 Å². The van der Waals surface area contributed by atoms with Gasteiger partial charge in [0.1, 0.15) is 12.4 Å². The summed E-state index contributed by atoms with van der Waals surface area (Å²) in [6, 6.07) is 6.80. The van der Waals surface area contributed by atoms with Gasteiger partial charge in [-0.3, -0.25) is 0 Å². The second-order valence-corrected chi connectivity index (χ2v) is 6.91. The molecular weight excluding hydrogens is 260 g/mol. The van der Waals surface area contributed by atoms with Gasteiger partial charge in [-0.1, -0.05) is 19.9 Å². The minimum Gasteiger partial charge on any atom is -0.490 e. The third kappa shape index (κ3) is 3.70. The first-order valence-corrected chi connectivity index (χ1v) is 8.44. The number of benzene rings is 1. The van der Waals surface area contributed by atoms with Crippen LogP contribution >= 0.6 is 0 Å². The Morgan fingerprint density at radius 3 is 3.05 bits per heavy atom. The van der Waals surface area contributed by atoms with Gasteiger partial charge < -0.3 is 15.0 Å². The van der Waals surface area contributed by atoms with Gasteiger partial charge in [0.25, 0.3) is 0 Å². The van der Waals surface area contributed by atoms with Crippen LogP contribution in [0.1, 0.15) is 32.3 Å². The van der Waals surface area contributed by atoms with Crippen LogP contribution in [0, 0.1) is 11.8 Å². The maximum absolute atomic E-state index is 5.83. The van der Waals surface area contributed by atoms with Gasteiger partial charge in [-0.25, -0.2) is 0 Å². The summed E-state index contributed by atoms with van der Waals surface area (Å²) in [7, 11) is 0. The zero-order chi connectivity index (χ0) is 14.7. The normalized spacial score (nSPS) is 22.0. The Balaban J connectivity index is 1.74. The van der Waals surface area contributed by atoms with Crippen LogP contribution in [0.3, 0.4) is 0 Å². The number of hydrogen-bond donors (Lipinski definition) is 1. The predicted octanol–water partition coefficient (Wildman–Crippen LogP) is 3.08. The Morgan fingerprint density at radius 2 is 2.29 bits per heavy atom. The van der Waals surface area contributed by atoms with Crippen LogP contribution < -0.4 is 15.0 Å². The maximum atomic E-state index is 5.83. The zero-order valence-corrected chi connectivity index (χ0v) is 13.4. The predicted molar refractivity (Wildman–Crippen MR) is 88.3 cm³/mol. The van der Waals surface area contributed by atoms with Crippen molar-refractivity contribution in [3.8, 4) is 5.75 Å². The van der Waals surface area contributed by atoms with Crippen LogP contribution in [0.25, 0.3) is 0 Å². The Bertz CT molecular complexity index is 466. The molecule has 2 heterocycles. The van der Waals surface area contributed by atoms with Crippen molar-refractivity contribution in [2.75, 3.05) is 37.7 Å². The fourth-order valence-corrected chi connectivity index (χ4v) is 3.51. The molecule has 0 amide bonds. The van der Waals surface area contributed by atoms with Gasteiger partial charge in [0, 0.05) is 6.54 Å². The van der Waals surface area contributed by atoms with E-state index in [1.54, 1.807) is 0 Å². The number of piperidine rings is 1. The fourth-order valence-electron chi connectivity index (χ4n) is 3.51. The molecule has 3 rings (SSSR count). The molecule has 1 fully saturated rings. The van der Waals surface area contributed by atoms with Gasteiger partial charge in [0.2, 0.25) is 0 Å². The highest BCUT2D eigenvalue weighted by atomic mass is 16.5. The topological polar surface area (TPSA) is 24.5 Å². The largest absolute Gasteiger partial charge is 0.490 e. The molecule has 1 unspecified atom stereocenters. The molecule has 0 radical (unpaired) electrons. The molecule has 21 heavy (non-hydrogen) atoms. The molecular formula is C18H28N2O. The van der Waals surface area contributed by atoms with Gasteiger partial charge >= 0.3 is 0 Å². The molecule has 1 aromatic rings. The van der Waals surface area contributed by atoms with Gasteiger partial charge in [0.15, 0.2) is 0 Å². The van der Waals surface area contributed by atoms with Crippen molar-refractivity contribution in [2.45, 2.75) is 33.1 Å². The van der Waals surface area contributed by atoms with E-state index in [1.165, 1.54) is 43.6 Å². The second-order valence-electron chi connectivity index (χ2n) is 6.91. The highest BCUT2D eigenvalue weighted by Crippen LogP contribution is 2.33. The summed E-state index contributed by atoms with van der Waals surface area (Å²) in [6.45, 7) is 9.87. The molecule has 0 aromatic heterocycles. The number of fused-ring (bicyclic) bond motifs is 1. The lowest BCUT2D eigenvalue weighted by atomic mass is 9.92. The Morgan fingerprint density at radius 1 is 1.38 bits per heavy atom. The molecule has 2 aliphatic heterocycles. The number of nitrogens with one attached hydrogen (secondary N) is 1. The lowest BCUT2D eigenvalue weighted by Gasteiger charge is -2.33. The fraction of sp³-hybridized carbons (Fsp3) is 0.667. The first-order chi connectivity index (χ1) is 10.2. The van der Waals surface area contributed by atoms with Crippen molar-refractivity contribution in [1.82, 2.24) is 5.32 Å². The van der Waals surface area contributed by atoms with Gasteiger partial charge in [-0.15, -0.1) is 0 Å². The summed E-state index contributed by atoms with van der Waals surface area (Å²) in [5, 5.41) is 3.52. The van der Waals surface area contributed by atoms with E-state index in [2.05, 4.69) is 42.3 Å². The van der Waals surface area contributed by atoms with E-state index < -0.39 is 0 Å². The van der Waals surface area contributed by atoms with Crippen molar-refractivity contribution >= 4 is 5.69 Å². The lowest BCUT2D eigenvalue weighted by molar-refractivity contribution is 0.304. The van der Waals surface area contributed by atoms with Crippen LogP contribution in [0.5, 0.6) is 5.75 Å². The van der Waals surface area contributed by atoms with Crippen LogP contribution in [-0.4, -0.2) is 32.8 Å². The molecule has 1 saturated heterocycles. The van der Waals surface area contributed by atoms with Gasteiger partial charge in [0.05, 0.1) is 12.2 Å². The van der Waals surface area contributed by atoms with Crippen LogP contribution in [0.4, 0.5) is 5.69 Å². The number of ether oxygens (including phenoxy) is 1. The minimum absolute atomic E-state index is 0.683. The van der Waals surface area contributed by atoms with Crippen LogP contribution in [-0.2, 0) is 6.42 Å². The molecule has 3 heteroatoms. The highest BCUT2D eigenvalue weighted by molar-refractivity contribution is 5.61. The quantitative estimate of drug-likeness (QED) is 0.921.